The van der Waals surface area contributed by atoms with E-state index in [1.54, 1.807) is 4.90 Å². The lowest BCUT2D eigenvalue weighted by atomic mass is 10.0. The second-order valence-corrected chi connectivity index (χ2v) is 5.61. The van der Waals surface area contributed by atoms with E-state index in [0.29, 0.717) is 11.8 Å². The van der Waals surface area contributed by atoms with Crippen LogP contribution < -0.4 is 0 Å². The highest BCUT2D eigenvalue weighted by Crippen LogP contribution is 2.33. The van der Waals surface area contributed by atoms with Crippen LogP contribution in [0.25, 0.3) is 0 Å². The summed E-state index contributed by atoms with van der Waals surface area (Å²) in [6.07, 6.45) is 6.14. The standard InChI is InChI=1S/C15H21N3O3/c1-2-13(19)18-8-4-3-5-12(18)15-17-16-14(21-15)11-6-9-20-10-7-11/h2,11-12H,1,3-10H2/t12-/m0/s1. The van der Waals surface area contributed by atoms with Crippen molar-refractivity contribution in [3.8, 4) is 0 Å². The van der Waals surface area contributed by atoms with Crippen LogP contribution in [-0.2, 0) is 9.53 Å². The Morgan fingerprint density at radius 3 is 2.71 bits per heavy atom. The first kappa shape index (κ1) is 14.3. The molecule has 0 spiro atoms. The minimum atomic E-state index is -0.106. The summed E-state index contributed by atoms with van der Waals surface area (Å²) in [5.41, 5.74) is 0. The maximum atomic E-state index is 12.0. The lowest BCUT2D eigenvalue weighted by molar-refractivity contribution is -0.130. The molecule has 0 unspecified atom stereocenters. The third-order valence-corrected chi connectivity index (χ3v) is 4.27. The first-order chi connectivity index (χ1) is 10.3. The Bertz CT molecular complexity index is 508. The maximum Gasteiger partial charge on any atom is 0.246 e. The molecule has 6 nitrogen and oxygen atoms in total. The molecule has 3 heterocycles. The molecule has 1 amide bonds. The van der Waals surface area contributed by atoms with Crippen molar-refractivity contribution in [2.75, 3.05) is 19.8 Å². The highest BCUT2D eigenvalue weighted by molar-refractivity contribution is 5.87. The molecule has 0 saturated carbocycles. The van der Waals surface area contributed by atoms with E-state index in [2.05, 4.69) is 16.8 Å². The smallest absolute Gasteiger partial charge is 0.246 e. The lowest BCUT2D eigenvalue weighted by Gasteiger charge is -2.32. The third kappa shape index (κ3) is 3.00. The van der Waals surface area contributed by atoms with E-state index in [0.717, 1.165) is 51.9 Å². The quantitative estimate of drug-likeness (QED) is 0.799. The summed E-state index contributed by atoms with van der Waals surface area (Å²) in [7, 11) is 0. The number of piperidine rings is 1. The molecule has 0 N–H and O–H groups in total. The van der Waals surface area contributed by atoms with E-state index in [-0.39, 0.29) is 17.9 Å². The van der Waals surface area contributed by atoms with E-state index >= 15 is 0 Å². The fraction of sp³-hybridized carbons (Fsp3) is 0.667. The van der Waals surface area contributed by atoms with Crippen LogP contribution in [0, 0.1) is 0 Å². The van der Waals surface area contributed by atoms with Crippen molar-refractivity contribution in [2.45, 2.75) is 44.1 Å². The minimum Gasteiger partial charge on any atom is -0.423 e. The molecule has 0 aromatic carbocycles. The van der Waals surface area contributed by atoms with E-state index in [1.807, 2.05) is 0 Å². The first-order valence-electron chi connectivity index (χ1n) is 7.63. The van der Waals surface area contributed by atoms with Crippen molar-refractivity contribution in [3.05, 3.63) is 24.4 Å². The summed E-state index contributed by atoms with van der Waals surface area (Å²) in [6, 6.07) is -0.106. The van der Waals surface area contributed by atoms with E-state index < -0.39 is 0 Å². The number of carbonyl (C=O) groups excluding carboxylic acids is 1. The highest BCUT2D eigenvalue weighted by atomic mass is 16.5. The van der Waals surface area contributed by atoms with Crippen molar-refractivity contribution >= 4 is 5.91 Å². The molecule has 2 saturated heterocycles. The molecule has 6 heteroatoms. The number of hydrogen-bond acceptors (Lipinski definition) is 5. The van der Waals surface area contributed by atoms with Crippen LogP contribution in [-0.4, -0.2) is 40.8 Å². The van der Waals surface area contributed by atoms with Gasteiger partial charge in [-0.1, -0.05) is 6.58 Å². The summed E-state index contributed by atoms with van der Waals surface area (Å²) >= 11 is 0. The molecule has 2 aliphatic heterocycles. The van der Waals surface area contributed by atoms with Crippen LogP contribution in [0.1, 0.15) is 55.8 Å². The van der Waals surface area contributed by atoms with Gasteiger partial charge in [-0.25, -0.2) is 0 Å². The number of amides is 1. The second kappa shape index (κ2) is 6.39. The van der Waals surface area contributed by atoms with Crippen molar-refractivity contribution in [1.82, 2.24) is 15.1 Å². The van der Waals surface area contributed by atoms with E-state index in [9.17, 15) is 4.79 Å². The predicted molar refractivity (Wildman–Crippen MR) is 75.6 cm³/mol. The summed E-state index contributed by atoms with van der Waals surface area (Å²) in [6.45, 7) is 5.78. The highest BCUT2D eigenvalue weighted by Gasteiger charge is 2.32. The number of carbonyl (C=O) groups is 1. The molecular weight excluding hydrogens is 270 g/mol. The summed E-state index contributed by atoms with van der Waals surface area (Å²) < 4.78 is 11.2. The zero-order chi connectivity index (χ0) is 14.7. The molecule has 1 atom stereocenters. The average molecular weight is 291 g/mol. The van der Waals surface area contributed by atoms with Crippen molar-refractivity contribution in [1.29, 1.82) is 0 Å². The molecule has 3 rings (SSSR count). The van der Waals surface area contributed by atoms with Gasteiger partial charge in [0.05, 0.1) is 0 Å². The van der Waals surface area contributed by atoms with Gasteiger partial charge in [0.15, 0.2) is 0 Å². The molecular formula is C15H21N3O3. The van der Waals surface area contributed by atoms with Crippen molar-refractivity contribution < 1.29 is 13.9 Å². The number of likely N-dealkylation sites (tertiary alicyclic amines) is 1. The van der Waals surface area contributed by atoms with Crippen molar-refractivity contribution in [2.24, 2.45) is 0 Å². The Morgan fingerprint density at radius 1 is 1.19 bits per heavy atom. The minimum absolute atomic E-state index is 0.0643. The monoisotopic (exact) mass is 291 g/mol. The van der Waals surface area contributed by atoms with Crippen LogP contribution in [0.3, 0.4) is 0 Å². The van der Waals surface area contributed by atoms with Crippen LogP contribution in [0.4, 0.5) is 0 Å². The molecule has 2 fully saturated rings. The van der Waals surface area contributed by atoms with Gasteiger partial charge in [-0.05, 0) is 38.2 Å². The summed E-state index contributed by atoms with van der Waals surface area (Å²) in [5, 5.41) is 8.39. The normalized spacial score (nSPS) is 24.0. The van der Waals surface area contributed by atoms with E-state index in [1.165, 1.54) is 6.08 Å². The Balaban J connectivity index is 1.77. The van der Waals surface area contributed by atoms with Gasteiger partial charge in [-0.3, -0.25) is 4.79 Å². The number of ether oxygens (including phenoxy) is 1. The molecule has 114 valence electrons. The molecule has 1 aromatic heterocycles. The maximum absolute atomic E-state index is 12.0. The summed E-state index contributed by atoms with van der Waals surface area (Å²) in [5.74, 6) is 1.47. The Hall–Kier alpha value is -1.69. The van der Waals surface area contributed by atoms with E-state index in [4.69, 9.17) is 9.15 Å². The Labute approximate surface area is 124 Å². The lowest BCUT2D eigenvalue weighted by Crippen LogP contribution is -2.37. The van der Waals surface area contributed by atoms with Crippen LogP contribution in [0.2, 0.25) is 0 Å². The van der Waals surface area contributed by atoms with Gasteiger partial charge in [0.25, 0.3) is 0 Å². The average Bonchev–Trinajstić information content (AvgIpc) is 3.05. The fourth-order valence-corrected chi connectivity index (χ4v) is 3.06. The fourth-order valence-electron chi connectivity index (χ4n) is 3.06. The van der Waals surface area contributed by atoms with Crippen molar-refractivity contribution in [3.63, 3.8) is 0 Å². The van der Waals surface area contributed by atoms with Crippen LogP contribution >= 0.6 is 0 Å². The predicted octanol–water partition coefficient (Wildman–Crippen LogP) is 2.20. The third-order valence-electron chi connectivity index (χ3n) is 4.27. The zero-order valence-electron chi connectivity index (χ0n) is 12.2. The molecule has 2 aliphatic rings. The molecule has 21 heavy (non-hydrogen) atoms. The summed E-state index contributed by atoms with van der Waals surface area (Å²) in [4.78, 5) is 13.8. The Kier molecular flexibility index (Phi) is 4.34. The van der Waals surface area contributed by atoms with Gasteiger partial charge >= 0.3 is 0 Å². The molecule has 0 aliphatic carbocycles. The van der Waals surface area contributed by atoms with Gasteiger partial charge in [-0.15, -0.1) is 10.2 Å². The topological polar surface area (TPSA) is 68.5 Å². The van der Waals surface area contributed by atoms with Crippen LogP contribution in [0.15, 0.2) is 17.1 Å². The number of aromatic nitrogens is 2. The van der Waals surface area contributed by atoms with Gasteiger partial charge in [-0.2, -0.15) is 0 Å². The Morgan fingerprint density at radius 2 is 1.95 bits per heavy atom. The number of hydrogen-bond donors (Lipinski definition) is 0. The molecule has 0 radical (unpaired) electrons. The SMILES string of the molecule is C=CC(=O)N1CCCC[C@H]1c1nnc(C2CCOCC2)o1. The number of rotatable bonds is 3. The van der Waals surface area contributed by atoms with Gasteiger partial charge in [0.1, 0.15) is 6.04 Å². The zero-order valence-corrected chi connectivity index (χ0v) is 12.2. The van der Waals surface area contributed by atoms with Gasteiger partial charge < -0.3 is 14.1 Å². The first-order valence-corrected chi connectivity index (χ1v) is 7.63. The van der Waals surface area contributed by atoms with Gasteiger partial charge in [0.2, 0.25) is 17.7 Å². The second-order valence-electron chi connectivity index (χ2n) is 5.61. The number of nitrogens with zero attached hydrogens (tertiary/aromatic N) is 3. The largest absolute Gasteiger partial charge is 0.423 e. The molecule has 0 bridgehead atoms. The van der Waals surface area contributed by atoms with Crippen LogP contribution in [0.5, 0.6) is 0 Å². The van der Waals surface area contributed by atoms with Gasteiger partial charge in [0, 0.05) is 25.7 Å². The molecule has 1 aromatic rings.